The van der Waals surface area contributed by atoms with Crippen LogP contribution in [0.2, 0.25) is 0 Å². The van der Waals surface area contributed by atoms with Crippen molar-refractivity contribution in [2.45, 2.75) is 42.8 Å². The fourth-order valence-corrected chi connectivity index (χ4v) is 5.28. The number of para-hydroxylation sites is 2. The van der Waals surface area contributed by atoms with E-state index in [0.717, 1.165) is 41.5 Å². The summed E-state index contributed by atoms with van der Waals surface area (Å²) in [4.78, 5) is 31.8. The third-order valence-corrected chi connectivity index (χ3v) is 7.06. The first-order valence-corrected chi connectivity index (χ1v) is 12.1. The van der Waals surface area contributed by atoms with Crippen LogP contribution < -0.4 is 10.2 Å². The second-order valence-electron chi connectivity index (χ2n) is 8.29. The minimum Gasteiger partial charge on any atom is -0.376 e. The lowest BCUT2D eigenvalue weighted by Crippen LogP contribution is -2.45. The lowest BCUT2D eigenvalue weighted by Gasteiger charge is -2.30. The van der Waals surface area contributed by atoms with Crippen LogP contribution in [0.5, 0.6) is 0 Å². The second kappa shape index (κ2) is 9.41. The molecule has 170 valence electrons. The molecule has 1 saturated heterocycles. The van der Waals surface area contributed by atoms with Gasteiger partial charge >= 0.3 is 0 Å². The van der Waals surface area contributed by atoms with E-state index in [9.17, 15) is 9.59 Å². The van der Waals surface area contributed by atoms with E-state index >= 15 is 0 Å². The number of nitrogens with one attached hydrogen (secondary N) is 1. The molecule has 1 aromatic heterocycles. The number of amides is 2. The van der Waals surface area contributed by atoms with Crippen LogP contribution in [-0.2, 0) is 20.9 Å². The van der Waals surface area contributed by atoms with Crippen molar-refractivity contribution in [2.75, 3.05) is 23.4 Å². The molecule has 3 aromatic rings. The average molecular weight is 463 g/mol. The van der Waals surface area contributed by atoms with Crippen LogP contribution in [-0.4, -0.2) is 45.9 Å². The summed E-state index contributed by atoms with van der Waals surface area (Å²) >= 11 is 1.42. The quantitative estimate of drug-likeness (QED) is 0.556. The zero-order chi connectivity index (χ0) is 22.8. The number of aromatic nitrogens is 2. The molecule has 1 N–H and O–H groups in total. The summed E-state index contributed by atoms with van der Waals surface area (Å²) in [6.07, 6.45) is 4.09. The summed E-state index contributed by atoms with van der Waals surface area (Å²) < 4.78 is 8.06. The maximum absolute atomic E-state index is 13.4. The van der Waals surface area contributed by atoms with Crippen LogP contribution >= 0.6 is 11.8 Å². The smallest absolute Gasteiger partial charge is 0.244 e. The van der Waals surface area contributed by atoms with Crippen molar-refractivity contribution in [3.63, 3.8) is 0 Å². The van der Waals surface area contributed by atoms with Gasteiger partial charge in [0.25, 0.3) is 0 Å². The number of thioether (sulfide) groups is 1. The standard InChI is InChI=1S/C25H26N4O3S/c1-17(24(31)28-16-23(30)27-20-11-5-6-12-21(20)28)33-25-26-14-22(18-8-3-2-4-9-18)29(25)15-19-10-7-13-32-19/h2-6,8-9,11-12,14,17,19H,7,10,13,15-16H2,1H3,(H,27,30). The Kier molecular flexibility index (Phi) is 6.20. The molecule has 0 radical (unpaired) electrons. The third kappa shape index (κ3) is 4.54. The molecule has 3 heterocycles. The highest BCUT2D eigenvalue weighted by Crippen LogP contribution is 2.34. The van der Waals surface area contributed by atoms with Crippen LogP contribution in [0.25, 0.3) is 11.3 Å². The van der Waals surface area contributed by atoms with Gasteiger partial charge in [-0.3, -0.25) is 14.5 Å². The molecule has 2 unspecified atom stereocenters. The number of ether oxygens (including phenoxy) is 1. The monoisotopic (exact) mass is 462 g/mol. The van der Waals surface area contributed by atoms with Crippen LogP contribution in [0, 0.1) is 0 Å². The molecule has 2 aliphatic heterocycles. The van der Waals surface area contributed by atoms with Gasteiger partial charge in [0.05, 0.1) is 41.2 Å². The molecule has 5 rings (SSSR count). The van der Waals surface area contributed by atoms with Gasteiger partial charge in [-0.1, -0.05) is 54.2 Å². The highest BCUT2D eigenvalue weighted by atomic mass is 32.2. The normalized spacial score (nSPS) is 18.6. The molecular weight excluding hydrogens is 436 g/mol. The van der Waals surface area contributed by atoms with E-state index in [-0.39, 0.29) is 24.5 Å². The maximum Gasteiger partial charge on any atom is 0.244 e. The number of hydrogen-bond acceptors (Lipinski definition) is 5. The number of carbonyl (C=O) groups is 2. The number of nitrogens with zero attached hydrogens (tertiary/aromatic N) is 3. The zero-order valence-corrected chi connectivity index (χ0v) is 19.3. The van der Waals surface area contributed by atoms with Crippen molar-refractivity contribution in [2.24, 2.45) is 0 Å². The van der Waals surface area contributed by atoms with Gasteiger partial charge in [-0.25, -0.2) is 4.98 Å². The first kappa shape index (κ1) is 21.7. The summed E-state index contributed by atoms with van der Waals surface area (Å²) in [7, 11) is 0. The highest BCUT2D eigenvalue weighted by Gasteiger charge is 2.31. The fourth-order valence-electron chi connectivity index (χ4n) is 4.32. The van der Waals surface area contributed by atoms with Gasteiger partial charge in [-0.05, 0) is 37.5 Å². The molecule has 33 heavy (non-hydrogen) atoms. The number of anilines is 2. The minimum atomic E-state index is -0.418. The molecule has 2 aliphatic rings. The van der Waals surface area contributed by atoms with Crippen molar-refractivity contribution >= 4 is 35.0 Å². The molecule has 0 spiro atoms. The first-order valence-electron chi connectivity index (χ1n) is 11.2. The number of hydrogen-bond donors (Lipinski definition) is 1. The Balaban J connectivity index is 1.41. The van der Waals surface area contributed by atoms with Crippen molar-refractivity contribution in [1.29, 1.82) is 0 Å². The minimum absolute atomic E-state index is 0.0143. The Hall–Kier alpha value is -3.10. The van der Waals surface area contributed by atoms with Crippen LogP contribution in [0.4, 0.5) is 11.4 Å². The SMILES string of the molecule is CC(Sc1ncc(-c2ccccc2)n1CC1CCCO1)C(=O)N1CC(=O)Nc2ccccc21. The van der Waals surface area contributed by atoms with Crippen molar-refractivity contribution in [3.05, 3.63) is 60.8 Å². The van der Waals surface area contributed by atoms with Crippen molar-refractivity contribution in [3.8, 4) is 11.3 Å². The summed E-state index contributed by atoms with van der Waals surface area (Å²) in [5.41, 5.74) is 3.47. The predicted molar refractivity (Wildman–Crippen MR) is 129 cm³/mol. The van der Waals surface area contributed by atoms with Gasteiger partial charge in [0, 0.05) is 6.61 Å². The van der Waals surface area contributed by atoms with Gasteiger partial charge in [-0.15, -0.1) is 0 Å². The molecule has 1 fully saturated rings. The number of carbonyl (C=O) groups excluding carboxylic acids is 2. The van der Waals surface area contributed by atoms with Crippen molar-refractivity contribution < 1.29 is 14.3 Å². The number of imidazole rings is 1. The van der Waals surface area contributed by atoms with Gasteiger partial charge in [-0.2, -0.15) is 0 Å². The van der Waals surface area contributed by atoms with Crippen LogP contribution in [0.15, 0.2) is 66.0 Å². The zero-order valence-electron chi connectivity index (χ0n) is 18.4. The Labute approximate surface area is 197 Å². The Bertz CT molecular complexity index is 1160. The van der Waals surface area contributed by atoms with E-state index in [1.54, 1.807) is 4.90 Å². The Morgan fingerprint density at radius 3 is 2.79 bits per heavy atom. The Morgan fingerprint density at radius 2 is 2.00 bits per heavy atom. The van der Waals surface area contributed by atoms with Crippen molar-refractivity contribution in [1.82, 2.24) is 9.55 Å². The van der Waals surface area contributed by atoms with E-state index in [1.807, 2.05) is 55.6 Å². The number of fused-ring (bicyclic) bond motifs is 1. The van der Waals surface area contributed by atoms with Gasteiger partial charge in [0.1, 0.15) is 6.54 Å². The summed E-state index contributed by atoms with van der Waals surface area (Å²) in [6.45, 7) is 3.37. The molecule has 0 saturated carbocycles. The van der Waals surface area contributed by atoms with Gasteiger partial charge < -0.3 is 14.6 Å². The molecule has 8 heteroatoms. The molecule has 2 aromatic carbocycles. The van der Waals surface area contributed by atoms with E-state index < -0.39 is 5.25 Å². The summed E-state index contributed by atoms with van der Waals surface area (Å²) in [6, 6.07) is 17.5. The molecular formula is C25H26N4O3S. The lowest BCUT2D eigenvalue weighted by atomic mass is 10.1. The molecule has 2 atom stereocenters. The lowest BCUT2D eigenvalue weighted by molar-refractivity contribution is -0.121. The molecule has 2 amide bonds. The van der Waals surface area contributed by atoms with E-state index in [1.165, 1.54) is 11.8 Å². The largest absolute Gasteiger partial charge is 0.376 e. The van der Waals surface area contributed by atoms with Crippen LogP contribution in [0.3, 0.4) is 0 Å². The second-order valence-corrected chi connectivity index (χ2v) is 9.60. The van der Waals surface area contributed by atoms with E-state index in [0.29, 0.717) is 12.2 Å². The van der Waals surface area contributed by atoms with Crippen LogP contribution in [0.1, 0.15) is 19.8 Å². The third-order valence-electron chi connectivity index (χ3n) is 5.97. The fraction of sp³-hybridized carbons (Fsp3) is 0.320. The molecule has 0 aliphatic carbocycles. The number of benzene rings is 2. The maximum atomic E-state index is 13.4. The highest BCUT2D eigenvalue weighted by molar-refractivity contribution is 8.00. The van der Waals surface area contributed by atoms with Gasteiger partial charge in [0.15, 0.2) is 5.16 Å². The van der Waals surface area contributed by atoms with E-state index in [2.05, 4.69) is 27.0 Å². The topological polar surface area (TPSA) is 76.5 Å². The van der Waals surface area contributed by atoms with E-state index in [4.69, 9.17) is 4.74 Å². The summed E-state index contributed by atoms with van der Waals surface area (Å²) in [5.74, 6) is -0.305. The predicted octanol–water partition coefficient (Wildman–Crippen LogP) is 4.20. The first-order chi connectivity index (χ1) is 16.1. The molecule has 7 nitrogen and oxygen atoms in total. The number of rotatable bonds is 6. The van der Waals surface area contributed by atoms with Gasteiger partial charge in [0.2, 0.25) is 11.8 Å². The Morgan fingerprint density at radius 1 is 1.21 bits per heavy atom. The average Bonchev–Trinajstić information content (AvgIpc) is 3.49. The summed E-state index contributed by atoms with van der Waals surface area (Å²) in [5, 5.41) is 3.19. The molecule has 0 bridgehead atoms.